The van der Waals surface area contributed by atoms with Gasteiger partial charge in [0.05, 0.1) is 17.5 Å². The third-order valence-corrected chi connectivity index (χ3v) is 5.73. The molecule has 0 saturated carbocycles. The molecule has 0 spiro atoms. The van der Waals surface area contributed by atoms with Gasteiger partial charge in [0.1, 0.15) is 6.54 Å². The van der Waals surface area contributed by atoms with E-state index in [9.17, 15) is 9.59 Å². The summed E-state index contributed by atoms with van der Waals surface area (Å²) in [5, 5.41) is 0.665. The van der Waals surface area contributed by atoms with Gasteiger partial charge in [-0.25, -0.2) is 0 Å². The van der Waals surface area contributed by atoms with E-state index in [4.69, 9.17) is 11.6 Å². The molecule has 1 aliphatic heterocycles. The number of nitrogens with zero attached hydrogens (tertiary/aromatic N) is 2. The third-order valence-electron chi connectivity index (χ3n) is 4.43. The summed E-state index contributed by atoms with van der Waals surface area (Å²) in [6, 6.07) is 15.0. The van der Waals surface area contributed by atoms with Gasteiger partial charge in [-0.3, -0.25) is 9.59 Å². The van der Waals surface area contributed by atoms with Crippen molar-refractivity contribution in [3.63, 3.8) is 0 Å². The van der Waals surface area contributed by atoms with Crippen molar-refractivity contribution in [3.05, 3.63) is 59.1 Å². The van der Waals surface area contributed by atoms with E-state index < -0.39 is 0 Å². The van der Waals surface area contributed by atoms with Gasteiger partial charge in [-0.1, -0.05) is 35.9 Å². The van der Waals surface area contributed by atoms with Crippen molar-refractivity contribution in [2.75, 3.05) is 24.2 Å². The Morgan fingerprint density at radius 2 is 1.92 bits per heavy atom. The van der Waals surface area contributed by atoms with Gasteiger partial charge >= 0.3 is 0 Å². The molecular weight excluding hydrogens is 356 g/mol. The number of carbonyl (C=O) groups is 2. The van der Waals surface area contributed by atoms with Crippen LogP contribution in [0.15, 0.2) is 53.4 Å². The minimum atomic E-state index is -0.103. The van der Waals surface area contributed by atoms with Crippen LogP contribution in [0.1, 0.15) is 18.5 Å². The van der Waals surface area contributed by atoms with Crippen molar-refractivity contribution in [2.45, 2.75) is 17.9 Å². The van der Waals surface area contributed by atoms with Crippen molar-refractivity contribution >= 4 is 40.9 Å². The highest BCUT2D eigenvalue weighted by Crippen LogP contribution is 2.35. The van der Waals surface area contributed by atoms with Gasteiger partial charge < -0.3 is 9.80 Å². The summed E-state index contributed by atoms with van der Waals surface area (Å²) < 4.78 is 0. The molecular formula is C19H19ClN2O2S. The number of carbonyl (C=O) groups excluding carboxylic acids is 2. The summed E-state index contributed by atoms with van der Waals surface area (Å²) in [5.41, 5.74) is 1.81. The van der Waals surface area contributed by atoms with Gasteiger partial charge in [0.15, 0.2) is 0 Å². The third kappa shape index (κ3) is 3.83. The monoisotopic (exact) mass is 374 g/mol. The van der Waals surface area contributed by atoms with Crippen LogP contribution in [0, 0.1) is 0 Å². The van der Waals surface area contributed by atoms with Crippen molar-refractivity contribution in [1.82, 2.24) is 4.90 Å². The van der Waals surface area contributed by atoms with Gasteiger partial charge in [-0.2, -0.15) is 0 Å². The average Bonchev–Trinajstić information content (AvgIpc) is 2.63. The molecule has 0 aromatic heterocycles. The van der Waals surface area contributed by atoms with Crippen LogP contribution in [-0.2, 0) is 9.59 Å². The minimum Gasteiger partial charge on any atom is -0.337 e. The van der Waals surface area contributed by atoms with E-state index in [0.29, 0.717) is 10.8 Å². The Balaban J connectivity index is 1.75. The SMILES string of the molecule is CC(c1ccc(Cl)cc1)N(C)C(=O)CN1C(=O)CSc2ccccc21. The molecule has 0 fully saturated rings. The maximum Gasteiger partial charge on any atom is 0.242 e. The molecule has 0 aliphatic carbocycles. The smallest absolute Gasteiger partial charge is 0.242 e. The van der Waals surface area contributed by atoms with Crippen LogP contribution in [0.2, 0.25) is 5.02 Å². The summed E-state index contributed by atoms with van der Waals surface area (Å²) in [6.45, 7) is 2.01. The molecule has 0 N–H and O–H groups in total. The first-order chi connectivity index (χ1) is 12.0. The number of likely N-dealkylation sites (N-methyl/N-ethyl adjacent to an activating group) is 1. The lowest BCUT2D eigenvalue weighted by atomic mass is 10.1. The molecule has 1 aliphatic rings. The van der Waals surface area contributed by atoms with Crippen molar-refractivity contribution in [1.29, 1.82) is 0 Å². The van der Waals surface area contributed by atoms with Crippen LogP contribution in [0.4, 0.5) is 5.69 Å². The topological polar surface area (TPSA) is 40.6 Å². The molecule has 1 atom stereocenters. The highest BCUT2D eigenvalue weighted by atomic mass is 35.5. The molecule has 3 rings (SSSR count). The standard InChI is InChI=1S/C19H19ClN2O2S/c1-13(14-7-9-15(20)10-8-14)21(2)18(23)11-22-16-5-3-4-6-17(16)25-12-19(22)24/h3-10,13H,11-12H2,1-2H3. The molecule has 0 saturated heterocycles. The number of para-hydroxylation sites is 1. The van der Waals surface area contributed by atoms with Crippen LogP contribution in [0.25, 0.3) is 0 Å². The zero-order valence-corrected chi connectivity index (χ0v) is 15.7. The molecule has 2 aromatic carbocycles. The first-order valence-electron chi connectivity index (χ1n) is 8.00. The van der Waals surface area contributed by atoms with Crippen LogP contribution in [0.5, 0.6) is 0 Å². The van der Waals surface area contributed by atoms with Crippen molar-refractivity contribution in [3.8, 4) is 0 Å². The zero-order valence-electron chi connectivity index (χ0n) is 14.1. The van der Waals surface area contributed by atoms with E-state index >= 15 is 0 Å². The first-order valence-corrected chi connectivity index (χ1v) is 9.37. The fraction of sp³-hybridized carbons (Fsp3) is 0.263. The number of benzene rings is 2. The molecule has 2 aromatic rings. The number of hydrogen-bond acceptors (Lipinski definition) is 3. The van der Waals surface area contributed by atoms with Crippen LogP contribution < -0.4 is 4.90 Å². The Labute approximate surface area is 156 Å². The Morgan fingerprint density at radius 1 is 1.24 bits per heavy atom. The summed E-state index contributed by atoms with van der Waals surface area (Å²) >= 11 is 7.44. The molecule has 2 amide bonds. The maximum absolute atomic E-state index is 12.7. The number of fused-ring (bicyclic) bond motifs is 1. The molecule has 0 radical (unpaired) electrons. The number of hydrogen-bond donors (Lipinski definition) is 0. The number of anilines is 1. The number of amides is 2. The fourth-order valence-electron chi connectivity index (χ4n) is 2.75. The lowest BCUT2D eigenvalue weighted by molar-refractivity contribution is -0.131. The summed E-state index contributed by atoms with van der Waals surface area (Å²) in [4.78, 5) is 29.3. The van der Waals surface area contributed by atoms with Gasteiger partial charge in [-0.15, -0.1) is 11.8 Å². The zero-order chi connectivity index (χ0) is 18.0. The summed E-state index contributed by atoms with van der Waals surface area (Å²) in [7, 11) is 1.76. The lowest BCUT2D eigenvalue weighted by Gasteiger charge is -2.32. The molecule has 25 heavy (non-hydrogen) atoms. The maximum atomic E-state index is 12.7. The normalized spacial score (nSPS) is 14.8. The van der Waals surface area contributed by atoms with Crippen molar-refractivity contribution < 1.29 is 9.59 Å². The average molecular weight is 375 g/mol. The molecule has 6 heteroatoms. The van der Waals surface area contributed by atoms with E-state index in [1.807, 2.05) is 55.5 Å². The molecule has 1 heterocycles. The predicted octanol–water partition coefficient (Wildman–Crippen LogP) is 4.00. The Kier molecular flexibility index (Phi) is 5.35. The van der Waals surface area contributed by atoms with Gasteiger partial charge in [0.2, 0.25) is 11.8 Å². The van der Waals surface area contributed by atoms with E-state index in [0.717, 1.165) is 16.1 Å². The Bertz CT molecular complexity index is 794. The van der Waals surface area contributed by atoms with E-state index in [1.54, 1.807) is 16.8 Å². The Hall–Kier alpha value is -1.98. The van der Waals surface area contributed by atoms with E-state index in [-0.39, 0.29) is 24.4 Å². The molecule has 1 unspecified atom stereocenters. The molecule has 130 valence electrons. The van der Waals surface area contributed by atoms with E-state index in [1.165, 1.54) is 11.8 Å². The quantitative estimate of drug-likeness (QED) is 0.812. The number of halogens is 1. The summed E-state index contributed by atoms with van der Waals surface area (Å²) in [6.07, 6.45) is 0. The highest BCUT2D eigenvalue weighted by Gasteiger charge is 2.28. The minimum absolute atomic E-state index is 0.0374. The van der Waals surface area contributed by atoms with E-state index in [2.05, 4.69) is 0 Å². The predicted molar refractivity (Wildman–Crippen MR) is 102 cm³/mol. The second-order valence-corrected chi connectivity index (χ2v) is 7.42. The molecule has 4 nitrogen and oxygen atoms in total. The van der Waals surface area contributed by atoms with Crippen LogP contribution >= 0.6 is 23.4 Å². The van der Waals surface area contributed by atoms with Crippen LogP contribution in [0.3, 0.4) is 0 Å². The van der Waals surface area contributed by atoms with Crippen LogP contribution in [-0.4, -0.2) is 36.1 Å². The van der Waals surface area contributed by atoms with Gasteiger partial charge in [0, 0.05) is 17.0 Å². The van der Waals surface area contributed by atoms with Gasteiger partial charge in [0.25, 0.3) is 0 Å². The summed E-state index contributed by atoms with van der Waals surface area (Å²) in [5.74, 6) is 0.225. The molecule has 0 bridgehead atoms. The Morgan fingerprint density at radius 3 is 2.64 bits per heavy atom. The highest BCUT2D eigenvalue weighted by molar-refractivity contribution is 8.00. The number of thioether (sulfide) groups is 1. The lowest BCUT2D eigenvalue weighted by Crippen LogP contribution is -2.44. The largest absolute Gasteiger partial charge is 0.337 e. The second-order valence-electron chi connectivity index (χ2n) is 5.97. The van der Waals surface area contributed by atoms with Crippen molar-refractivity contribution in [2.24, 2.45) is 0 Å². The fourth-order valence-corrected chi connectivity index (χ4v) is 3.82. The first kappa shape index (κ1) is 17.8. The second kappa shape index (κ2) is 7.50. The number of rotatable bonds is 4. The van der Waals surface area contributed by atoms with Gasteiger partial charge in [-0.05, 0) is 36.8 Å².